The van der Waals surface area contributed by atoms with Gasteiger partial charge < -0.3 is 16.2 Å². The van der Waals surface area contributed by atoms with E-state index in [4.69, 9.17) is 10.8 Å². The number of primary amides is 1. The van der Waals surface area contributed by atoms with Crippen LogP contribution >= 0.6 is 0 Å². The molecule has 0 aliphatic heterocycles. The summed E-state index contributed by atoms with van der Waals surface area (Å²) in [6.07, 6.45) is 2.72. The standard InChI is InChI=1S/C11H13N5O3/c1-5(9(12)17)15-8-6-4-14-16(2)10(6)13-3-7(8)11(18)19/h3-5H,1-2H3,(H2,12,17)(H,13,15)(H,18,19). The maximum absolute atomic E-state index is 11.2. The second-order valence-corrected chi connectivity index (χ2v) is 4.13. The number of hydrogen-bond acceptors (Lipinski definition) is 5. The van der Waals surface area contributed by atoms with E-state index in [2.05, 4.69) is 15.4 Å². The first kappa shape index (κ1) is 12.8. The number of carbonyl (C=O) groups is 2. The van der Waals surface area contributed by atoms with E-state index >= 15 is 0 Å². The van der Waals surface area contributed by atoms with Crippen LogP contribution in [0.2, 0.25) is 0 Å². The molecular weight excluding hydrogens is 250 g/mol. The van der Waals surface area contributed by atoms with Crippen molar-refractivity contribution in [3.63, 3.8) is 0 Å². The Morgan fingerprint density at radius 3 is 2.74 bits per heavy atom. The second kappa shape index (κ2) is 4.56. The molecule has 0 aromatic carbocycles. The van der Waals surface area contributed by atoms with Gasteiger partial charge in [-0.05, 0) is 6.92 Å². The van der Waals surface area contributed by atoms with E-state index < -0.39 is 17.9 Å². The summed E-state index contributed by atoms with van der Waals surface area (Å²) in [4.78, 5) is 26.3. The summed E-state index contributed by atoms with van der Waals surface area (Å²) >= 11 is 0. The Balaban J connectivity index is 2.62. The van der Waals surface area contributed by atoms with Gasteiger partial charge in [-0.25, -0.2) is 9.78 Å². The molecule has 19 heavy (non-hydrogen) atoms. The molecular formula is C11H13N5O3. The zero-order chi connectivity index (χ0) is 14.2. The molecule has 8 heteroatoms. The number of amides is 1. The lowest BCUT2D eigenvalue weighted by Crippen LogP contribution is -2.33. The van der Waals surface area contributed by atoms with Crippen LogP contribution in [0.5, 0.6) is 0 Å². The molecule has 0 fully saturated rings. The van der Waals surface area contributed by atoms with Crippen molar-refractivity contribution in [3.05, 3.63) is 18.0 Å². The first-order valence-corrected chi connectivity index (χ1v) is 5.51. The average Bonchev–Trinajstić information content (AvgIpc) is 2.71. The number of nitrogens with two attached hydrogens (primary N) is 1. The minimum absolute atomic E-state index is 0.0337. The summed E-state index contributed by atoms with van der Waals surface area (Å²) in [7, 11) is 1.69. The Labute approximate surface area is 108 Å². The average molecular weight is 263 g/mol. The molecule has 0 radical (unpaired) electrons. The highest BCUT2D eigenvalue weighted by Gasteiger charge is 2.19. The van der Waals surface area contributed by atoms with Gasteiger partial charge in [0, 0.05) is 13.2 Å². The summed E-state index contributed by atoms with van der Waals surface area (Å²) in [5.41, 5.74) is 5.95. The molecule has 0 spiro atoms. The van der Waals surface area contributed by atoms with Crippen molar-refractivity contribution >= 4 is 28.6 Å². The summed E-state index contributed by atoms with van der Waals surface area (Å²) in [5.74, 6) is -1.72. The number of nitrogens with zero attached hydrogens (tertiary/aromatic N) is 3. The first-order valence-electron chi connectivity index (χ1n) is 5.51. The van der Waals surface area contributed by atoms with E-state index in [1.165, 1.54) is 17.1 Å². The van der Waals surface area contributed by atoms with Gasteiger partial charge in [0.25, 0.3) is 0 Å². The van der Waals surface area contributed by atoms with Crippen LogP contribution in [0.3, 0.4) is 0 Å². The molecule has 2 aromatic rings. The number of carbonyl (C=O) groups excluding carboxylic acids is 1. The predicted octanol–water partition coefficient (Wildman–Crippen LogP) is -0.0478. The van der Waals surface area contributed by atoms with Gasteiger partial charge in [-0.2, -0.15) is 5.10 Å². The van der Waals surface area contributed by atoms with Crippen LogP contribution in [0, 0.1) is 0 Å². The molecule has 0 saturated carbocycles. The van der Waals surface area contributed by atoms with E-state index in [-0.39, 0.29) is 11.3 Å². The normalized spacial score (nSPS) is 12.3. The van der Waals surface area contributed by atoms with Gasteiger partial charge in [0.2, 0.25) is 5.91 Å². The molecule has 0 aliphatic rings. The fourth-order valence-electron chi connectivity index (χ4n) is 1.70. The van der Waals surface area contributed by atoms with Gasteiger partial charge in [0.15, 0.2) is 5.65 Å². The molecule has 2 rings (SSSR count). The minimum Gasteiger partial charge on any atom is -0.478 e. The lowest BCUT2D eigenvalue weighted by Gasteiger charge is -2.14. The molecule has 100 valence electrons. The highest BCUT2D eigenvalue weighted by molar-refractivity contribution is 6.04. The Kier molecular flexibility index (Phi) is 3.07. The lowest BCUT2D eigenvalue weighted by molar-refractivity contribution is -0.118. The number of carboxylic acids is 1. The van der Waals surface area contributed by atoms with E-state index in [1.54, 1.807) is 14.0 Å². The van der Waals surface area contributed by atoms with Crippen LogP contribution in [0.4, 0.5) is 5.69 Å². The van der Waals surface area contributed by atoms with E-state index in [1.807, 2.05) is 0 Å². The molecule has 2 aromatic heterocycles. The SMILES string of the molecule is CC(Nc1c(C(=O)O)cnc2c1cnn2C)C(N)=O. The van der Waals surface area contributed by atoms with Crippen molar-refractivity contribution in [2.75, 3.05) is 5.32 Å². The van der Waals surface area contributed by atoms with Gasteiger partial charge in [0.1, 0.15) is 11.6 Å². The second-order valence-electron chi connectivity index (χ2n) is 4.13. The molecule has 1 amide bonds. The van der Waals surface area contributed by atoms with Crippen molar-refractivity contribution in [3.8, 4) is 0 Å². The van der Waals surface area contributed by atoms with Crippen LogP contribution in [-0.4, -0.2) is 37.8 Å². The van der Waals surface area contributed by atoms with Gasteiger partial charge in [-0.3, -0.25) is 9.48 Å². The molecule has 4 N–H and O–H groups in total. The number of anilines is 1. The van der Waals surface area contributed by atoms with E-state index in [0.717, 1.165) is 0 Å². The zero-order valence-electron chi connectivity index (χ0n) is 10.4. The summed E-state index contributed by atoms with van der Waals surface area (Å²) in [6.45, 7) is 1.55. The number of pyridine rings is 1. The van der Waals surface area contributed by atoms with Crippen molar-refractivity contribution in [1.29, 1.82) is 0 Å². The largest absolute Gasteiger partial charge is 0.478 e. The first-order chi connectivity index (χ1) is 8.91. The van der Waals surface area contributed by atoms with Gasteiger partial charge >= 0.3 is 5.97 Å². The highest BCUT2D eigenvalue weighted by atomic mass is 16.4. The molecule has 0 aliphatic carbocycles. The topological polar surface area (TPSA) is 123 Å². The fourth-order valence-corrected chi connectivity index (χ4v) is 1.70. The van der Waals surface area contributed by atoms with E-state index in [9.17, 15) is 9.59 Å². The minimum atomic E-state index is -1.14. The number of aromatic carboxylic acids is 1. The van der Waals surface area contributed by atoms with Gasteiger partial charge in [0.05, 0.1) is 17.3 Å². The van der Waals surface area contributed by atoms with Crippen LogP contribution in [-0.2, 0) is 11.8 Å². The molecule has 2 heterocycles. The number of carboxylic acid groups (broad SMARTS) is 1. The van der Waals surface area contributed by atoms with Crippen molar-refractivity contribution in [1.82, 2.24) is 14.8 Å². The van der Waals surface area contributed by atoms with Gasteiger partial charge in [-0.1, -0.05) is 0 Å². The van der Waals surface area contributed by atoms with Gasteiger partial charge in [-0.15, -0.1) is 0 Å². The van der Waals surface area contributed by atoms with Crippen LogP contribution < -0.4 is 11.1 Å². The van der Waals surface area contributed by atoms with E-state index in [0.29, 0.717) is 11.0 Å². The third-order valence-corrected chi connectivity index (χ3v) is 2.78. The number of aryl methyl sites for hydroxylation is 1. The van der Waals surface area contributed by atoms with Crippen molar-refractivity contribution in [2.45, 2.75) is 13.0 Å². The maximum atomic E-state index is 11.2. The Hall–Kier alpha value is -2.64. The summed E-state index contributed by atoms with van der Waals surface area (Å²) < 4.78 is 1.51. The molecule has 0 bridgehead atoms. The summed E-state index contributed by atoms with van der Waals surface area (Å²) in [6, 6.07) is -0.705. The Bertz CT molecular complexity index is 664. The molecule has 1 unspecified atom stereocenters. The number of rotatable bonds is 4. The van der Waals surface area contributed by atoms with Crippen LogP contribution in [0.1, 0.15) is 17.3 Å². The third-order valence-electron chi connectivity index (χ3n) is 2.78. The highest BCUT2D eigenvalue weighted by Crippen LogP contribution is 2.26. The van der Waals surface area contributed by atoms with Crippen LogP contribution in [0.25, 0.3) is 11.0 Å². The smallest absolute Gasteiger partial charge is 0.339 e. The van der Waals surface area contributed by atoms with Crippen molar-refractivity contribution in [2.24, 2.45) is 12.8 Å². The monoisotopic (exact) mass is 263 g/mol. The lowest BCUT2D eigenvalue weighted by atomic mass is 10.1. The van der Waals surface area contributed by atoms with Crippen molar-refractivity contribution < 1.29 is 14.7 Å². The quantitative estimate of drug-likeness (QED) is 0.710. The molecule has 8 nitrogen and oxygen atoms in total. The Morgan fingerprint density at radius 2 is 2.16 bits per heavy atom. The summed E-state index contributed by atoms with van der Waals surface area (Å²) in [5, 5.41) is 16.5. The Morgan fingerprint density at radius 1 is 1.47 bits per heavy atom. The maximum Gasteiger partial charge on any atom is 0.339 e. The number of hydrogen-bond donors (Lipinski definition) is 3. The number of aromatic nitrogens is 3. The zero-order valence-corrected chi connectivity index (χ0v) is 10.4. The number of fused-ring (bicyclic) bond motifs is 1. The fraction of sp³-hybridized carbons (Fsp3) is 0.273. The van der Waals surface area contributed by atoms with Crippen LogP contribution in [0.15, 0.2) is 12.4 Å². The predicted molar refractivity (Wildman–Crippen MR) is 67.7 cm³/mol. The molecule has 0 saturated heterocycles. The third kappa shape index (κ3) is 2.19. The number of nitrogens with one attached hydrogen (secondary N) is 1. The molecule has 1 atom stereocenters.